The maximum absolute atomic E-state index is 15.2. The first kappa shape index (κ1) is 32.4. The maximum atomic E-state index is 15.2. The van der Waals surface area contributed by atoms with E-state index < -0.39 is 5.54 Å². The number of carbonyl (C=O) groups is 2. The van der Waals surface area contributed by atoms with Crippen LogP contribution in [0.5, 0.6) is 0 Å². The SMILES string of the molecule is Cc1[nH]c2ccccc2c1[C@H]1[C@H](CC(=O)N(Cc2ccccc2F)C2(C(=O)Nc3ccc(N4CCOCC4)cc3)CCCCC2)C1(C)C. The summed E-state index contributed by atoms with van der Waals surface area (Å²) in [5, 5.41) is 4.39. The second-order valence-corrected chi connectivity index (χ2v) is 14.6. The summed E-state index contributed by atoms with van der Waals surface area (Å²) in [4.78, 5) is 36.8. The van der Waals surface area contributed by atoms with E-state index in [1.54, 1.807) is 23.1 Å². The molecule has 0 spiro atoms. The number of anilines is 2. The summed E-state index contributed by atoms with van der Waals surface area (Å²) in [5.41, 5.74) is 4.55. The summed E-state index contributed by atoms with van der Waals surface area (Å²) in [5.74, 6) is -0.336. The highest BCUT2D eigenvalue weighted by Crippen LogP contribution is 2.67. The van der Waals surface area contributed by atoms with Crippen LogP contribution in [0.25, 0.3) is 10.9 Å². The Morgan fingerprint density at radius 3 is 2.38 bits per heavy atom. The lowest BCUT2D eigenvalue weighted by molar-refractivity contribution is -0.149. The van der Waals surface area contributed by atoms with Gasteiger partial charge in [0.25, 0.3) is 0 Å². The van der Waals surface area contributed by atoms with Gasteiger partial charge in [0, 0.05) is 59.6 Å². The second-order valence-electron chi connectivity index (χ2n) is 14.6. The van der Waals surface area contributed by atoms with Crippen LogP contribution in [-0.2, 0) is 20.9 Å². The fraction of sp³-hybridized carbons (Fsp3) is 0.450. The molecule has 3 aromatic carbocycles. The van der Waals surface area contributed by atoms with Crippen molar-refractivity contribution in [2.45, 2.75) is 77.3 Å². The van der Waals surface area contributed by atoms with Gasteiger partial charge in [0.2, 0.25) is 11.8 Å². The number of carbonyl (C=O) groups excluding carboxylic acids is 2. The lowest BCUT2D eigenvalue weighted by Crippen LogP contribution is -2.59. The Kier molecular flexibility index (Phi) is 8.79. The molecule has 0 radical (unpaired) electrons. The Morgan fingerprint density at radius 2 is 1.65 bits per heavy atom. The minimum absolute atomic E-state index is 0.0544. The summed E-state index contributed by atoms with van der Waals surface area (Å²) in [6.07, 6.45) is 4.05. The zero-order chi connectivity index (χ0) is 33.5. The Balaban J connectivity index is 1.18. The predicted octanol–water partition coefficient (Wildman–Crippen LogP) is 7.95. The molecule has 1 aromatic heterocycles. The van der Waals surface area contributed by atoms with Gasteiger partial charge in [-0.1, -0.05) is 69.5 Å². The Morgan fingerprint density at radius 1 is 0.958 bits per heavy atom. The van der Waals surface area contributed by atoms with Crippen LogP contribution in [-0.4, -0.2) is 53.5 Å². The summed E-state index contributed by atoms with van der Waals surface area (Å²) in [6.45, 7) is 9.71. The summed E-state index contributed by atoms with van der Waals surface area (Å²) >= 11 is 0. The molecule has 2 amide bonds. The Hall–Kier alpha value is -4.17. The van der Waals surface area contributed by atoms with E-state index in [9.17, 15) is 9.59 Å². The molecule has 1 saturated heterocycles. The summed E-state index contributed by atoms with van der Waals surface area (Å²) < 4.78 is 20.7. The van der Waals surface area contributed by atoms with Crippen molar-refractivity contribution in [2.24, 2.45) is 11.3 Å². The van der Waals surface area contributed by atoms with E-state index in [0.29, 0.717) is 43.7 Å². The number of rotatable bonds is 9. The van der Waals surface area contributed by atoms with Crippen LogP contribution >= 0.6 is 0 Å². The van der Waals surface area contributed by atoms with E-state index in [-0.39, 0.29) is 41.4 Å². The number of amides is 2. The van der Waals surface area contributed by atoms with Gasteiger partial charge in [-0.2, -0.15) is 0 Å². The average Bonchev–Trinajstić information content (AvgIpc) is 3.45. The number of hydrogen-bond acceptors (Lipinski definition) is 4. The number of halogens is 1. The van der Waals surface area contributed by atoms with Gasteiger partial charge in [-0.05, 0) is 79.0 Å². The molecule has 0 unspecified atom stereocenters. The van der Waals surface area contributed by atoms with Gasteiger partial charge in [0.15, 0.2) is 0 Å². The molecular formula is C40H47FN4O3. The zero-order valence-electron chi connectivity index (χ0n) is 28.4. The first-order valence-corrected chi connectivity index (χ1v) is 17.5. The topological polar surface area (TPSA) is 77.7 Å². The molecule has 2 aliphatic carbocycles. The van der Waals surface area contributed by atoms with Crippen LogP contribution in [0.3, 0.4) is 0 Å². The number of hydrogen-bond donors (Lipinski definition) is 2. The number of aromatic amines is 1. The summed E-state index contributed by atoms with van der Waals surface area (Å²) in [7, 11) is 0. The van der Waals surface area contributed by atoms with Crippen molar-refractivity contribution in [3.05, 3.63) is 95.4 Å². The molecule has 7 rings (SSSR count). The van der Waals surface area contributed by atoms with Crippen LogP contribution in [0, 0.1) is 24.1 Å². The zero-order valence-corrected chi connectivity index (χ0v) is 28.4. The van der Waals surface area contributed by atoms with Crippen molar-refractivity contribution in [3.63, 3.8) is 0 Å². The number of benzene rings is 3. The number of aryl methyl sites for hydroxylation is 1. The van der Waals surface area contributed by atoms with Crippen molar-refractivity contribution in [2.75, 3.05) is 36.5 Å². The van der Waals surface area contributed by atoms with E-state index in [0.717, 1.165) is 49.2 Å². The number of fused-ring (bicyclic) bond motifs is 1. The maximum Gasteiger partial charge on any atom is 0.250 e. The van der Waals surface area contributed by atoms with Crippen molar-refractivity contribution < 1.29 is 18.7 Å². The molecule has 1 aliphatic heterocycles. The minimum atomic E-state index is -1.08. The van der Waals surface area contributed by atoms with Gasteiger partial charge < -0.3 is 24.8 Å². The molecule has 2 heterocycles. The highest BCUT2D eigenvalue weighted by molar-refractivity contribution is 6.01. The lowest BCUT2D eigenvalue weighted by Gasteiger charge is -2.45. The van der Waals surface area contributed by atoms with E-state index in [1.165, 1.54) is 17.0 Å². The number of H-pyrrole nitrogens is 1. The standard InChI is InChI=1S/C40H47FN4O3/c1-27-36(31-12-6-8-14-34(31)42-27)37-32(39(37,2)3)25-35(46)45(26-28-11-5-7-13-33(28)41)40(19-9-4-10-20-40)38(47)43-29-15-17-30(18-16-29)44-21-23-48-24-22-44/h5-8,11-18,32,37,42H,4,9-10,19-26H2,1-3H3,(H,43,47)/t32-,37+/m0/s1. The van der Waals surface area contributed by atoms with Gasteiger partial charge >= 0.3 is 0 Å². The van der Waals surface area contributed by atoms with Gasteiger partial charge in [-0.25, -0.2) is 4.39 Å². The largest absolute Gasteiger partial charge is 0.378 e. The van der Waals surface area contributed by atoms with Crippen LogP contribution in [0.15, 0.2) is 72.8 Å². The monoisotopic (exact) mass is 650 g/mol. The smallest absolute Gasteiger partial charge is 0.250 e. The summed E-state index contributed by atoms with van der Waals surface area (Å²) in [6, 6.07) is 22.9. The quantitative estimate of drug-likeness (QED) is 0.193. The first-order chi connectivity index (χ1) is 23.2. The van der Waals surface area contributed by atoms with E-state index >= 15 is 4.39 Å². The molecular weight excluding hydrogens is 603 g/mol. The van der Waals surface area contributed by atoms with E-state index in [1.807, 2.05) is 30.3 Å². The Labute approximate surface area is 282 Å². The average molecular weight is 651 g/mol. The minimum Gasteiger partial charge on any atom is -0.378 e. The Bertz CT molecular complexity index is 1790. The van der Waals surface area contributed by atoms with E-state index in [2.05, 4.69) is 54.2 Å². The normalized spacial score (nSPS) is 21.5. The molecule has 0 bridgehead atoms. The molecule has 7 nitrogen and oxygen atoms in total. The van der Waals surface area contributed by atoms with Gasteiger partial charge in [0.05, 0.1) is 13.2 Å². The third-order valence-corrected chi connectivity index (χ3v) is 11.4. The second kappa shape index (κ2) is 13.0. The van der Waals surface area contributed by atoms with Crippen molar-refractivity contribution in [1.82, 2.24) is 9.88 Å². The number of morpholine rings is 1. The van der Waals surface area contributed by atoms with Gasteiger partial charge in [-0.15, -0.1) is 0 Å². The molecule has 2 N–H and O–H groups in total. The van der Waals surface area contributed by atoms with Crippen molar-refractivity contribution >= 4 is 34.1 Å². The highest BCUT2D eigenvalue weighted by atomic mass is 19.1. The van der Waals surface area contributed by atoms with Crippen molar-refractivity contribution in [3.8, 4) is 0 Å². The van der Waals surface area contributed by atoms with Crippen LogP contribution in [0.1, 0.15) is 75.1 Å². The van der Waals surface area contributed by atoms with E-state index in [4.69, 9.17) is 4.74 Å². The fourth-order valence-corrected chi connectivity index (χ4v) is 8.55. The predicted molar refractivity (Wildman–Crippen MR) is 189 cm³/mol. The highest BCUT2D eigenvalue weighted by Gasteiger charge is 2.60. The number of nitrogens with zero attached hydrogens (tertiary/aromatic N) is 2. The number of para-hydroxylation sites is 1. The number of aromatic nitrogens is 1. The third kappa shape index (κ3) is 6.00. The van der Waals surface area contributed by atoms with Gasteiger partial charge in [0.1, 0.15) is 11.4 Å². The molecule has 3 aliphatic rings. The fourth-order valence-electron chi connectivity index (χ4n) is 8.55. The molecule has 4 aromatic rings. The molecule has 8 heteroatoms. The molecule has 2 saturated carbocycles. The third-order valence-electron chi connectivity index (χ3n) is 11.4. The number of ether oxygens (including phenoxy) is 1. The van der Waals surface area contributed by atoms with Crippen LogP contribution in [0.4, 0.5) is 15.8 Å². The van der Waals surface area contributed by atoms with Crippen LogP contribution in [0.2, 0.25) is 0 Å². The molecule has 252 valence electrons. The van der Waals surface area contributed by atoms with Gasteiger partial charge in [-0.3, -0.25) is 9.59 Å². The molecule has 3 fully saturated rings. The first-order valence-electron chi connectivity index (χ1n) is 17.5. The lowest BCUT2D eigenvalue weighted by atomic mass is 9.78. The molecule has 2 atom stereocenters. The molecule has 48 heavy (non-hydrogen) atoms. The van der Waals surface area contributed by atoms with Crippen molar-refractivity contribution in [1.29, 1.82) is 0 Å². The van der Waals surface area contributed by atoms with Crippen LogP contribution < -0.4 is 10.2 Å². The number of nitrogens with one attached hydrogen (secondary N) is 2.